The Morgan fingerprint density at radius 3 is 2.83 bits per heavy atom. The van der Waals surface area contributed by atoms with Gasteiger partial charge in [0.25, 0.3) is 0 Å². The zero-order chi connectivity index (χ0) is 12.8. The second-order valence-electron chi connectivity index (χ2n) is 4.75. The van der Waals surface area contributed by atoms with Crippen LogP contribution in [0.5, 0.6) is 0 Å². The fraction of sp³-hybridized carbons (Fsp3) is 0.417. The molecule has 0 spiro atoms. The Kier molecular flexibility index (Phi) is 2.55. The molecule has 1 fully saturated rings. The lowest BCUT2D eigenvalue weighted by Gasteiger charge is -2.22. The molecule has 1 aromatic heterocycles. The van der Waals surface area contributed by atoms with Crippen LogP contribution in [-0.4, -0.2) is 43.0 Å². The van der Waals surface area contributed by atoms with Gasteiger partial charge in [-0.3, -0.25) is 0 Å². The average Bonchev–Trinajstić information content (AvgIpc) is 2.91. The van der Waals surface area contributed by atoms with E-state index in [1.165, 1.54) is 0 Å². The maximum atomic E-state index is 11.5. The van der Waals surface area contributed by atoms with Gasteiger partial charge in [0.15, 0.2) is 9.84 Å². The van der Waals surface area contributed by atoms with Crippen LogP contribution < -0.4 is 4.90 Å². The van der Waals surface area contributed by atoms with E-state index in [0.29, 0.717) is 6.42 Å². The van der Waals surface area contributed by atoms with Gasteiger partial charge in [0, 0.05) is 13.1 Å². The molecule has 0 radical (unpaired) electrons. The zero-order valence-corrected chi connectivity index (χ0v) is 10.9. The number of fused-ring (bicyclic) bond motifs is 1. The van der Waals surface area contributed by atoms with Crippen LogP contribution in [-0.2, 0) is 9.84 Å². The molecule has 0 aliphatic carbocycles. The van der Waals surface area contributed by atoms with Crippen molar-refractivity contribution in [3.63, 3.8) is 0 Å². The Bertz CT molecular complexity index is 644. The molecule has 1 unspecified atom stereocenters. The predicted molar refractivity (Wildman–Crippen MR) is 71.6 cm³/mol. The van der Waals surface area contributed by atoms with Crippen molar-refractivity contribution in [3.05, 3.63) is 24.3 Å². The molecule has 1 aromatic carbocycles. The summed E-state index contributed by atoms with van der Waals surface area (Å²) < 4.78 is 23.0. The number of para-hydroxylation sites is 2. The van der Waals surface area contributed by atoms with E-state index in [0.717, 1.165) is 17.0 Å². The van der Waals surface area contributed by atoms with E-state index in [-0.39, 0.29) is 17.5 Å². The van der Waals surface area contributed by atoms with Gasteiger partial charge in [0.05, 0.1) is 22.5 Å². The summed E-state index contributed by atoms with van der Waals surface area (Å²) in [5.74, 6) is 1.24. The highest BCUT2D eigenvalue weighted by Gasteiger charge is 2.31. The van der Waals surface area contributed by atoms with Crippen molar-refractivity contribution in [2.45, 2.75) is 12.5 Å². The van der Waals surface area contributed by atoms with Gasteiger partial charge in [-0.25, -0.2) is 13.4 Å². The normalized spacial score (nSPS) is 22.4. The Labute approximate surface area is 106 Å². The zero-order valence-electron chi connectivity index (χ0n) is 10.1. The van der Waals surface area contributed by atoms with Crippen molar-refractivity contribution in [2.75, 3.05) is 23.5 Å². The third-order valence-electron chi connectivity index (χ3n) is 3.47. The van der Waals surface area contributed by atoms with Gasteiger partial charge in [-0.05, 0) is 18.6 Å². The standard InChI is InChI=1S/C12H15N3O2S/c1-15(9-6-7-18(16,17)8-9)12-13-10-4-2-3-5-11(10)14-12/h2-5,9H,6-8H2,1H3,(H,13,14). The van der Waals surface area contributed by atoms with E-state index in [4.69, 9.17) is 0 Å². The van der Waals surface area contributed by atoms with Crippen LogP contribution in [0, 0.1) is 0 Å². The minimum atomic E-state index is -2.86. The summed E-state index contributed by atoms with van der Waals surface area (Å²) in [6.07, 6.45) is 0.676. The van der Waals surface area contributed by atoms with E-state index in [1.807, 2.05) is 36.2 Å². The van der Waals surface area contributed by atoms with E-state index in [2.05, 4.69) is 9.97 Å². The number of hydrogen-bond donors (Lipinski definition) is 1. The van der Waals surface area contributed by atoms with Gasteiger partial charge >= 0.3 is 0 Å². The first-order valence-electron chi connectivity index (χ1n) is 5.93. The summed E-state index contributed by atoms with van der Waals surface area (Å²) in [5.41, 5.74) is 1.88. The third kappa shape index (κ3) is 1.96. The van der Waals surface area contributed by atoms with Crippen molar-refractivity contribution in [1.82, 2.24) is 9.97 Å². The summed E-state index contributed by atoms with van der Waals surface area (Å²) in [7, 11) is -0.970. The second-order valence-corrected chi connectivity index (χ2v) is 6.97. The fourth-order valence-corrected chi connectivity index (χ4v) is 4.13. The van der Waals surface area contributed by atoms with E-state index in [1.54, 1.807) is 0 Å². The number of anilines is 1. The summed E-state index contributed by atoms with van der Waals surface area (Å²) in [6, 6.07) is 7.81. The molecule has 5 nitrogen and oxygen atoms in total. The Balaban J connectivity index is 1.90. The molecule has 0 bridgehead atoms. The summed E-state index contributed by atoms with van der Waals surface area (Å²) in [4.78, 5) is 9.64. The van der Waals surface area contributed by atoms with Crippen molar-refractivity contribution in [3.8, 4) is 0 Å². The maximum Gasteiger partial charge on any atom is 0.203 e. The van der Waals surface area contributed by atoms with E-state index in [9.17, 15) is 8.42 Å². The molecule has 2 heterocycles. The van der Waals surface area contributed by atoms with Crippen molar-refractivity contribution in [1.29, 1.82) is 0 Å². The number of nitrogens with zero attached hydrogens (tertiary/aromatic N) is 2. The maximum absolute atomic E-state index is 11.5. The SMILES string of the molecule is CN(c1nc2ccccc2[nH]1)C1CCS(=O)(=O)C1. The quantitative estimate of drug-likeness (QED) is 0.885. The van der Waals surface area contributed by atoms with Gasteiger partial charge in [0.2, 0.25) is 5.95 Å². The molecule has 0 saturated carbocycles. The number of aromatic amines is 1. The van der Waals surface area contributed by atoms with Crippen molar-refractivity contribution < 1.29 is 8.42 Å². The van der Waals surface area contributed by atoms with Crippen molar-refractivity contribution >= 4 is 26.8 Å². The van der Waals surface area contributed by atoms with Crippen LogP contribution in [0.4, 0.5) is 5.95 Å². The molecule has 96 valence electrons. The number of hydrogen-bond acceptors (Lipinski definition) is 4. The van der Waals surface area contributed by atoms with Crippen LogP contribution in [0.25, 0.3) is 11.0 Å². The lowest BCUT2D eigenvalue weighted by atomic mass is 10.2. The first-order valence-corrected chi connectivity index (χ1v) is 7.75. The lowest BCUT2D eigenvalue weighted by Crippen LogP contribution is -2.33. The highest BCUT2D eigenvalue weighted by molar-refractivity contribution is 7.91. The molecule has 1 aliphatic rings. The summed E-state index contributed by atoms with van der Waals surface area (Å²) in [5, 5.41) is 0. The second kappa shape index (κ2) is 3.98. The van der Waals surface area contributed by atoms with E-state index >= 15 is 0 Å². The molecule has 1 saturated heterocycles. The highest BCUT2D eigenvalue weighted by atomic mass is 32.2. The molecule has 1 aliphatic heterocycles. The van der Waals surface area contributed by atoms with E-state index < -0.39 is 9.84 Å². The first-order chi connectivity index (χ1) is 8.55. The minimum absolute atomic E-state index is 0.0237. The van der Waals surface area contributed by atoms with Crippen LogP contribution in [0.1, 0.15) is 6.42 Å². The number of H-pyrrole nitrogens is 1. The Hall–Kier alpha value is -1.56. The molecule has 18 heavy (non-hydrogen) atoms. The average molecular weight is 265 g/mol. The Morgan fingerprint density at radius 2 is 2.17 bits per heavy atom. The van der Waals surface area contributed by atoms with Gasteiger partial charge in [-0.2, -0.15) is 0 Å². The number of benzene rings is 1. The van der Waals surface area contributed by atoms with Crippen LogP contribution in [0.2, 0.25) is 0 Å². The number of rotatable bonds is 2. The van der Waals surface area contributed by atoms with Gasteiger partial charge < -0.3 is 9.88 Å². The molecular weight excluding hydrogens is 250 g/mol. The predicted octanol–water partition coefficient (Wildman–Crippen LogP) is 1.19. The molecule has 0 amide bonds. The van der Waals surface area contributed by atoms with Gasteiger partial charge in [-0.1, -0.05) is 12.1 Å². The third-order valence-corrected chi connectivity index (χ3v) is 5.22. The highest BCUT2D eigenvalue weighted by Crippen LogP contribution is 2.22. The fourth-order valence-electron chi connectivity index (χ4n) is 2.36. The van der Waals surface area contributed by atoms with Crippen molar-refractivity contribution in [2.24, 2.45) is 0 Å². The lowest BCUT2D eigenvalue weighted by molar-refractivity contribution is 0.600. The Morgan fingerprint density at radius 1 is 1.39 bits per heavy atom. The first kappa shape index (κ1) is 11.5. The molecule has 1 N–H and O–H groups in total. The number of imidazole rings is 1. The number of nitrogens with one attached hydrogen (secondary N) is 1. The van der Waals surface area contributed by atoms with Crippen LogP contribution in [0.15, 0.2) is 24.3 Å². The molecule has 6 heteroatoms. The van der Waals surface area contributed by atoms with Gasteiger partial charge in [-0.15, -0.1) is 0 Å². The minimum Gasteiger partial charge on any atom is -0.341 e. The summed E-state index contributed by atoms with van der Waals surface area (Å²) in [6.45, 7) is 0. The molecule has 2 aromatic rings. The molecular formula is C12H15N3O2S. The van der Waals surface area contributed by atoms with Crippen LogP contribution in [0.3, 0.4) is 0 Å². The summed E-state index contributed by atoms with van der Waals surface area (Å²) >= 11 is 0. The monoisotopic (exact) mass is 265 g/mol. The number of aromatic nitrogens is 2. The largest absolute Gasteiger partial charge is 0.341 e. The molecule has 3 rings (SSSR count). The van der Waals surface area contributed by atoms with Gasteiger partial charge in [0.1, 0.15) is 0 Å². The molecule has 1 atom stereocenters. The smallest absolute Gasteiger partial charge is 0.203 e. The number of sulfone groups is 1. The van der Waals surface area contributed by atoms with Crippen LogP contribution >= 0.6 is 0 Å². The topological polar surface area (TPSA) is 66.1 Å².